The molecule has 1 atom stereocenters. The van der Waals surface area contributed by atoms with Gasteiger partial charge < -0.3 is 20.4 Å². The van der Waals surface area contributed by atoms with Crippen LogP contribution in [0.1, 0.15) is 50.8 Å². The fourth-order valence-corrected chi connectivity index (χ4v) is 4.51. The van der Waals surface area contributed by atoms with Gasteiger partial charge in [-0.1, -0.05) is 61.5 Å². The summed E-state index contributed by atoms with van der Waals surface area (Å²) in [6.45, 7) is 8.14. The zero-order chi connectivity index (χ0) is 26.3. The first-order valence-corrected chi connectivity index (χ1v) is 12.3. The van der Waals surface area contributed by atoms with Crippen LogP contribution in [-0.4, -0.2) is 38.7 Å². The molecule has 2 amide bonds. The second-order valence-corrected chi connectivity index (χ2v) is 10.1. The molecule has 3 aromatic carbocycles. The van der Waals surface area contributed by atoms with Crippen LogP contribution in [0.25, 0.3) is 11.1 Å². The lowest BCUT2D eigenvalue weighted by atomic mass is 9.95. The second kappa shape index (κ2) is 11.8. The van der Waals surface area contributed by atoms with Gasteiger partial charge in [0.25, 0.3) is 0 Å². The number of carbonyl (C=O) groups excluding carboxylic acids is 1. The molecule has 0 aliphatic rings. The van der Waals surface area contributed by atoms with Crippen LogP contribution >= 0.6 is 0 Å². The molecule has 0 saturated heterocycles. The average Bonchev–Trinajstić information content (AvgIpc) is 2.82. The molecule has 0 radical (unpaired) electrons. The molecule has 0 saturated carbocycles. The summed E-state index contributed by atoms with van der Waals surface area (Å²) in [5.41, 5.74) is 4.43. The lowest BCUT2D eigenvalue weighted by molar-refractivity contribution is -0.120. The summed E-state index contributed by atoms with van der Waals surface area (Å²) in [5.74, 6) is 0.154. The molecule has 190 valence electrons. The highest BCUT2D eigenvalue weighted by molar-refractivity contribution is 5.78. The Morgan fingerprint density at radius 1 is 0.889 bits per heavy atom. The molecule has 36 heavy (non-hydrogen) atoms. The number of hydrogen-bond donors (Lipinski definition) is 3. The van der Waals surface area contributed by atoms with Gasteiger partial charge in [-0.05, 0) is 79.6 Å². The number of rotatable bonds is 9. The molecule has 6 heteroatoms. The Kier molecular flexibility index (Phi) is 8.75. The van der Waals surface area contributed by atoms with Gasteiger partial charge in [-0.25, -0.2) is 4.79 Å². The highest BCUT2D eigenvalue weighted by Crippen LogP contribution is 2.24. The number of benzene rings is 3. The molecule has 0 fully saturated rings. The van der Waals surface area contributed by atoms with Gasteiger partial charge in [0.2, 0.25) is 5.91 Å². The standard InChI is InChI=1S/C30H36N2O4/c1-5-26(32(29(35)36)30(2,3)4)18-21-8-6-9-22(16-21)19-28(34)31-20-23-10-7-11-25(17-23)24-12-14-27(33)15-13-24/h6-17,26,33H,5,18-20H2,1-4H3,(H,31,34)(H,35,36). The van der Waals surface area contributed by atoms with E-state index in [0.29, 0.717) is 19.4 Å². The lowest BCUT2D eigenvalue weighted by Crippen LogP contribution is -2.51. The first-order chi connectivity index (χ1) is 17.1. The van der Waals surface area contributed by atoms with Crippen LogP contribution in [0.2, 0.25) is 0 Å². The van der Waals surface area contributed by atoms with E-state index in [9.17, 15) is 19.8 Å². The molecule has 3 N–H and O–H groups in total. The van der Waals surface area contributed by atoms with Crippen LogP contribution in [0.15, 0.2) is 72.8 Å². The van der Waals surface area contributed by atoms with Crippen LogP contribution in [0.3, 0.4) is 0 Å². The number of carboxylic acid groups (broad SMARTS) is 1. The van der Waals surface area contributed by atoms with Crippen molar-refractivity contribution in [3.05, 3.63) is 89.5 Å². The SMILES string of the molecule is CCC(Cc1cccc(CC(=O)NCc2cccc(-c3ccc(O)cc3)c2)c1)N(C(=O)O)C(C)(C)C. The van der Waals surface area contributed by atoms with E-state index in [1.54, 1.807) is 12.1 Å². The summed E-state index contributed by atoms with van der Waals surface area (Å²) in [7, 11) is 0. The summed E-state index contributed by atoms with van der Waals surface area (Å²) in [6, 6.07) is 22.7. The summed E-state index contributed by atoms with van der Waals surface area (Å²) >= 11 is 0. The molecule has 0 spiro atoms. The minimum atomic E-state index is -0.917. The van der Waals surface area contributed by atoms with Crippen LogP contribution in [0.5, 0.6) is 5.75 Å². The zero-order valence-electron chi connectivity index (χ0n) is 21.5. The number of nitrogens with one attached hydrogen (secondary N) is 1. The van der Waals surface area contributed by atoms with Gasteiger partial charge >= 0.3 is 6.09 Å². The largest absolute Gasteiger partial charge is 0.508 e. The van der Waals surface area contributed by atoms with E-state index in [2.05, 4.69) is 5.32 Å². The third kappa shape index (κ3) is 7.35. The van der Waals surface area contributed by atoms with Crippen molar-refractivity contribution < 1.29 is 19.8 Å². The van der Waals surface area contributed by atoms with Crippen molar-refractivity contribution in [3.63, 3.8) is 0 Å². The van der Waals surface area contributed by atoms with Crippen molar-refractivity contribution in [2.75, 3.05) is 0 Å². The predicted molar refractivity (Wildman–Crippen MR) is 143 cm³/mol. The molecule has 1 unspecified atom stereocenters. The van der Waals surface area contributed by atoms with Gasteiger partial charge in [-0.3, -0.25) is 4.79 Å². The minimum absolute atomic E-state index is 0.0731. The number of amides is 2. The molecular formula is C30H36N2O4. The summed E-state index contributed by atoms with van der Waals surface area (Å²) < 4.78 is 0. The van der Waals surface area contributed by atoms with Gasteiger partial charge in [-0.2, -0.15) is 0 Å². The van der Waals surface area contributed by atoms with Gasteiger partial charge in [0.1, 0.15) is 5.75 Å². The van der Waals surface area contributed by atoms with E-state index in [-0.39, 0.29) is 24.1 Å². The Morgan fingerprint density at radius 2 is 1.53 bits per heavy atom. The lowest BCUT2D eigenvalue weighted by Gasteiger charge is -2.39. The monoisotopic (exact) mass is 488 g/mol. The van der Waals surface area contributed by atoms with E-state index in [1.165, 1.54) is 4.90 Å². The smallest absolute Gasteiger partial charge is 0.407 e. The highest BCUT2D eigenvalue weighted by atomic mass is 16.4. The van der Waals surface area contributed by atoms with Crippen LogP contribution in [0.4, 0.5) is 4.79 Å². The number of phenols is 1. The Morgan fingerprint density at radius 3 is 2.17 bits per heavy atom. The Labute approximate surface area is 213 Å². The summed E-state index contributed by atoms with van der Waals surface area (Å²) in [4.78, 5) is 26.1. The van der Waals surface area contributed by atoms with Crippen molar-refractivity contribution in [2.45, 2.75) is 65.1 Å². The Balaban J connectivity index is 1.62. The first-order valence-electron chi connectivity index (χ1n) is 12.3. The molecular weight excluding hydrogens is 452 g/mol. The molecule has 0 aliphatic carbocycles. The third-order valence-electron chi connectivity index (χ3n) is 6.21. The van der Waals surface area contributed by atoms with Gasteiger partial charge in [0.15, 0.2) is 0 Å². The van der Waals surface area contributed by atoms with Gasteiger partial charge in [-0.15, -0.1) is 0 Å². The van der Waals surface area contributed by atoms with Crippen molar-refractivity contribution in [3.8, 4) is 16.9 Å². The van der Waals surface area contributed by atoms with Crippen molar-refractivity contribution in [1.82, 2.24) is 10.2 Å². The minimum Gasteiger partial charge on any atom is -0.508 e. The summed E-state index contributed by atoms with van der Waals surface area (Å²) in [6.07, 6.45) is 0.640. The van der Waals surface area contributed by atoms with Crippen molar-refractivity contribution >= 4 is 12.0 Å². The fraction of sp³-hybridized carbons (Fsp3) is 0.333. The Bertz CT molecular complexity index is 1180. The molecule has 0 heterocycles. The quantitative estimate of drug-likeness (QED) is 0.344. The number of carbonyl (C=O) groups is 2. The number of phenolic OH excluding ortho intramolecular Hbond substituents is 1. The fourth-order valence-electron chi connectivity index (χ4n) is 4.51. The number of aromatic hydroxyl groups is 1. The van der Waals surface area contributed by atoms with Crippen LogP contribution in [0, 0.1) is 0 Å². The van der Waals surface area contributed by atoms with E-state index < -0.39 is 11.6 Å². The maximum Gasteiger partial charge on any atom is 0.407 e. The molecule has 0 aromatic heterocycles. The van der Waals surface area contributed by atoms with Gasteiger partial charge in [0, 0.05) is 18.1 Å². The van der Waals surface area contributed by atoms with E-state index in [0.717, 1.165) is 27.8 Å². The average molecular weight is 489 g/mol. The second-order valence-electron chi connectivity index (χ2n) is 10.1. The maximum absolute atomic E-state index is 12.7. The van der Waals surface area contributed by atoms with E-state index in [1.807, 2.05) is 88.4 Å². The molecule has 0 aliphatic heterocycles. The topological polar surface area (TPSA) is 89.9 Å². The zero-order valence-corrected chi connectivity index (χ0v) is 21.5. The van der Waals surface area contributed by atoms with E-state index >= 15 is 0 Å². The number of nitrogens with zero attached hydrogens (tertiary/aromatic N) is 1. The van der Waals surface area contributed by atoms with Crippen molar-refractivity contribution in [1.29, 1.82) is 0 Å². The van der Waals surface area contributed by atoms with Gasteiger partial charge in [0.05, 0.1) is 6.42 Å². The number of hydrogen-bond acceptors (Lipinski definition) is 3. The molecule has 3 aromatic rings. The highest BCUT2D eigenvalue weighted by Gasteiger charge is 2.32. The van der Waals surface area contributed by atoms with Crippen LogP contribution < -0.4 is 5.32 Å². The van der Waals surface area contributed by atoms with Crippen molar-refractivity contribution in [2.24, 2.45) is 0 Å². The maximum atomic E-state index is 12.7. The molecule has 3 rings (SSSR count). The molecule has 0 bridgehead atoms. The van der Waals surface area contributed by atoms with Crippen LogP contribution in [-0.2, 0) is 24.2 Å². The summed E-state index contributed by atoms with van der Waals surface area (Å²) in [5, 5.41) is 22.3. The predicted octanol–water partition coefficient (Wildman–Crippen LogP) is 6.02. The Hall–Kier alpha value is -3.80. The normalized spacial score (nSPS) is 12.1. The molecule has 6 nitrogen and oxygen atoms in total. The third-order valence-corrected chi connectivity index (χ3v) is 6.21. The van der Waals surface area contributed by atoms with E-state index in [4.69, 9.17) is 0 Å². The first kappa shape index (κ1) is 26.8.